The molecule has 1 amide bonds. The Hall–Kier alpha value is -0.390. The molecule has 1 saturated heterocycles. The minimum absolute atomic E-state index is 0.140. The summed E-state index contributed by atoms with van der Waals surface area (Å²) in [7, 11) is 4.05. The van der Waals surface area contributed by atoms with E-state index in [-0.39, 0.29) is 5.91 Å². The van der Waals surface area contributed by atoms with Gasteiger partial charge in [-0.1, -0.05) is 0 Å². The van der Waals surface area contributed by atoms with E-state index in [9.17, 15) is 4.79 Å². The Bertz CT molecular complexity index is 399. The summed E-state index contributed by atoms with van der Waals surface area (Å²) in [5.74, 6) is 0.140. The Morgan fingerprint density at radius 1 is 1.53 bits per heavy atom. The Labute approximate surface area is 115 Å². The van der Waals surface area contributed by atoms with Crippen LogP contribution >= 0.6 is 27.3 Å². The molecule has 1 aromatic rings. The van der Waals surface area contributed by atoms with Gasteiger partial charge in [-0.05, 0) is 60.4 Å². The molecule has 1 aliphatic heterocycles. The van der Waals surface area contributed by atoms with Gasteiger partial charge >= 0.3 is 0 Å². The summed E-state index contributed by atoms with van der Waals surface area (Å²) in [6, 6.07) is 2.31. The Morgan fingerprint density at radius 2 is 2.18 bits per heavy atom. The summed E-state index contributed by atoms with van der Waals surface area (Å²) >= 11 is 4.93. The van der Waals surface area contributed by atoms with Gasteiger partial charge in [0.15, 0.2) is 0 Å². The maximum Gasteiger partial charge on any atom is 0.265 e. The van der Waals surface area contributed by atoms with Crippen LogP contribution in [0.3, 0.4) is 0 Å². The highest BCUT2D eigenvalue weighted by molar-refractivity contribution is 9.10. The Morgan fingerprint density at radius 3 is 2.71 bits per heavy atom. The van der Waals surface area contributed by atoms with E-state index >= 15 is 0 Å². The minimum Gasteiger partial charge on any atom is -0.338 e. The first kappa shape index (κ1) is 13.1. The van der Waals surface area contributed by atoms with E-state index in [2.05, 4.69) is 27.9 Å². The van der Waals surface area contributed by atoms with Crippen molar-refractivity contribution in [2.45, 2.75) is 18.9 Å². The number of rotatable bonds is 2. The van der Waals surface area contributed by atoms with Crippen LogP contribution < -0.4 is 0 Å². The molecule has 5 heteroatoms. The molecule has 2 rings (SSSR count). The monoisotopic (exact) mass is 316 g/mol. The zero-order chi connectivity index (χ0) is 12.4. The molecule has 0 unspecified atom stereocenters. The summed E-state index contributed by atoms with van der Waals surface area (Å²) in [5.41, 5.74) is 0. The average Bonchev–Trinajstić information content (AvgIpc) is 2.74. The zero-order valence-corrected chi connectivity index (χ0v) is 12.6. The number of amides is 1. The normalized spacial score (nSPS) is 18.3. The molecule has 0 aliphatic carbocycles. The molecular weight excluding hydrogens is 300 g/mol. The fraction of sp³-hybridized carbons (Fsp3) is 0.583. The van der Waals surface area contributed by atoms with Crippen molar-refractivity contribution in [1.29, 1.82) is 0 Å². The zero-order valence-electron chi connectivity index (χ0n) is 10.1. The van der Waals surface area contributed by atoms with Gasteiger partial charge in [-0.25, -0.2) is 0 Å². The molecule has 0 saturated carbocycles. The lowest BCUT2D eigenvalue weighted by molar-refractivity contribution is 0.0663. The van der Waals surface area contributed by atoms with Crippen LogP contribution in [-0.4, -0.2) is 48.9 Å². The van der Waals surface area contributed by atoms with Crippen LogP contribution in [0.2, 0.25) is 0 Å². The molecule has 0 radical (unpaired) electrons. The van der Waals surface area contributed by atoms with E-state index in [1.165, 1.54) is 11.3 Å². The van der Waals surface area contributed by atoms with Crippen LogP contribution in [0.5, 0.6) is 0 Å². The molecular formula is C12H17BrN2OS. The van der Waals surface area contributed by atoms with Gasteiger partial charge in [0.2, 0.25) is 0 Å². The first-order valence-corrected chi connectivity index (χ1v) is 7.45. The highest BCUT2D eigenvalue weighted by Crippen LogP contribution is 2.25. The topological polar surface area (TPSA) is 23.6 Å². The molecule has 3 nitrogen and oxygen atoms in total. The van der Waals surface area contributed by atoms with E-state index in [4.69, 9.17) is 0 Å². The van der Waals surface area contributed by atoms with Gasteiger partial charge in [0.1, 0.15) is 4.88 Å². The second-order valence-electron chi connectivity index (χ2n) is 4.55. The third kappa shape index (κ3) is 2.89. The van der Waals surface area contributed by atoms with E-state index in [1.807, 2.05) is 23.4 Å². The predicted molar refractivity (Wildman–Crippen MR) is 74.6 cm³/mol. The lowest BCUT2D eigenvalue weighted by Crippen LogP contribution is -2.44. The number of likely N-dealkylation sites (tertiary alicyclic amines) is 1. The van der Waals surface area contributed by atoms with Gasteiger partial charge in [-0.3, -0.25) is 4.79 Å². The van der Waals surface area contributed by atoms with Crippen molar-refractivity contribution in [3.8, 4) is 0 Å². The summed E-state index contributed by atoms with van der Waals surface area (Å²) in [4.78, 5) is 17.3. The number of nitrogens with zero attached hydrogens (tertiary/aromatic N) is 2. The summed E-state index contributed by atoms with van der Waals surface area (Å²) in [6.07, 6.45) is 2.14. The lowest BCUT2D eigenvalue weighted by Gasteiger charge is -2.35. The molecule has 0 spiro atoms. The fourth-order valence-electron chi connectivity index (χ4n) is 2.15. The smallest absolute Gasteiger partial charge is 0.265 e. The van der Waals surface area contributed by atoms with Gasteiger partial charge in [0.25, 0.3) is 5.91 Å². The molecule has 0 atom stereocenters. The van der Waals surface area contributed by atoms with Crippen molar-refractivity contribution < 1.29 is 4.79 Å². The molecule has 0 bridgehead atoms. The molecule has 0 N–H and O–H groups in total. The molecule has 2 heterocycles. The number of hydrogen-bond acceptors (Lipinski definition) is 3. The van der Waals surface area contributed by atoms with Gasteiger partial charge in [0, 0.05) is 17.6 Å². The van der Waals surface area contributed by atoms with Gasteiger partial charge in [0.05, 0.1) is 0 Å². The van der Waals surface area contributed by atoms with Crippen molar-refractivity contribution in [2.24, 2.45) is 0 Å². The maximum absolute atomic E-state index is 12.3. The third-order valence-corrected chi connectivity index (χ3v) is 5.19. The van der Waals surface area contributed by atoms with Crippen LogP contribution in [0.25, 0.3) is 0 Å². The van der Waals surface area contributed by atoms with Crippen molar-refractivity contribution in [1.82, 2.24) is 9.80 Å². The van der Waals surface area contributed by atoms with Crippen molar-refractivity contribution in [3.63, 3.8) is 0 Å². The standard InChI is InChI=1S/C12H17BrN2OS/c1-14-6-3-9(4-7-14)15(2)12(16)11-10(13)5-8-17-11/h5,8-9H,3-4,6-7H2,1-2H3. The molecule has 0 aromatic carbocycles. The van der Waals surface area contributed by atoms with Crippen LogP contribution in [0.4, 0.5) is 0 Å². The van der Waals surface area contributed by atoms with Crippen molar-refractivity contribution in [3.05, 3.63) is 20.8 Å². The van der Waals surface area contributed by atoms with Crippen LogP contribution in [-0.2, 0) is 0 Å². The van der Waals surface area contributed by atoms with Crippen LogP contribution in [0.1, 0.15) is 22.5 Å². The lowest BCUT2D eigenvalue weighted by atomic mass is 10.0. The number of piperidine rings is 1. The summed E-state index contributed by atoms with van der Waals surface area (Å²) in [6.45, 7) is 2.15. The first-order chi connectivity index (χ1) is 8.09. The predicted octanol–water partition coefficient (Wildman–Crippen LogP) is 2.68. The third-order valence-electron chi connectivity index (χ3n) is 3.37. The quantitative estimate of drug-likeness (QED) is 0.837. The average molecular weight is 317 g/mol. The van der Waals surface area contributed by atoms with E-state index < -0.39 is 0 Å². The number of carbonyl (C=O) groups excluding carboxylic acids is 1. The molecule has 1 aliphatic rings. The van der Waals surface area contributed by atoms with Gasteiger partial charge < -0.3 is 9.80 Å². The number of carbonyl (C=O) groups is 1. The number of thiophene rings is 1. The molecule has 1 aromatic heterocycles. The second-order valence-corrected chi connectivity index (χ2v) is 6.32. The second kappa shape index (κ2) is 5.50. The van der Waals surface area contributed by atoms with E-state index in [1.54, 1.807) is 0 Å². The number of halogens is 1. The van der Waals surface area contributed by atoms with E-state index in [0.717, 1.165) is 35.3 Å². The maximum atomic E-state index is 12.3. The van der Waals surface area contributed by atoms with Crippen molar-refractivity contribution >= 4 is 33.2 Å². The molecule has 1 fully saturated rings. The largest absolute Gasteiger partial charge is 0.338 e. The Kier molecular flexibility index (Phi) is 4.22. The van der Waals surface area contributed by atoms with Crippen LogP contribution in [0, 0.1) is 0 Å². The highest BCUT2D eigenvalue weighted by Gasteiger charge is 2.26. The number of hydrogen-bond donors (Lipinski definition) is 0. The summed E-state index contributed by atoms with van der Waals surface area (Å²) < 4.78 is 0.910. The Balaban J connectivity index is 2.03. The highest BCUT2D eigenvalue weighted by atomic mass is 79.9. The fourth-order valence-corrected chi connectivity index (χ4v) is 3.68. The van der Waals surface area contributed by atoms with Crippen LogP contribution in [0.15, 0.2) is 15.9 Å². The van der Waals surface area contributed by atoms with Gasteiger partial charge in [-0.15, -0.1) is 11.3 Å². The van der Waals surface area contributed by atoms with E-state index in [0.29, 0.717) is 6.04 Å². The van der Waals surface area contributed by atoms with Crippen molar-refractivity contribution in [2.75, 3.05) is 27.2 Å². The summed E-state index contributed by atoms with van der Waals surface area (Å²) in [5, 5.41) is 1.94. The first-order valence-electron chi connectivity index (χ1n) is 5.78. The molecule has 17 heavy (non-hydrogen) atoms. The van der Waals surface area contributed by atoms with Gasteiger partial charge in [-0.2, -0.15) is 0 Å². The molecule has 94 valence electrons. The SMILES string of the molecule is CN1CCC(N(C)C(=O)c2sccc2Br)CC1. The minimum atomic E-state index is 0.140.